The molecule has 0 radical (unpaired) electrons. The molecule has 0 N–H and O–H groups in total. The van der Waals surface area contributed by atoms with E-state index in [4.69, 9.17) is 5.26 Å². The van der Waals surface area contributed by atoms with Crippen molar-refractivity contribution in [2.24, 2.45) is 5.92 Å². The number of allylic oxidation sites excluding steroid dienone is 2. The van der Waals surface area contributed by atoms with Crippen LogP contribution in [0.25, 0.3) is 0 Å². The Morgan fingerprint density at radius 1 is 1.54 bits per heavy atom. The lowest BCUT2D eigenvalue weighted by atomic mass is 10.1. The fraction of sp³-hybridized carbons (Fsp3) is 0.333. The molecule has 0 atom stereocenters. The van der Waals surface area contributed by atoms with Crippen LogP contribution in [0.3, 0.4) is 0 Å². The number of hydrazine groups is 1. The molecule has 0 spiro atoms. The van der Waals surface area contributed by atoms with Crippen LogP contribution < -0.4 is 0 Å². The van der Waals surface area contributed by atoms with E-state index in [0.29, 0.717) is 0 Å². The van der Waals surface area contributed by atoms with Gasteiger partial charge in [-0.05, 0) is 12.2 Å². The van der Waals surface area contributed by atoms with Crippen LogP contribution in [-0.4, -0.2) is 23.0 Å². The summed E-state index contributed by atoms with van der Waals surface area (Å²) in [4.78, 5) is 10.9. The molecule has 4 heteroatoms. The van der Waals surface area contributed by atoms with E-state index in [0.717, 1.165) is 0 Å². The molecule has 1 aliphatic heterocycles. The Morgan fingerprint density at radius 3 is 2.46 bits per heavy atom. The van der Waals surface area contributed by atoms with Crippen LogP contribution in [-0.2, 0) is 4.79 Å². The molecule has 13 heavy (non-hydrogen) atoms. The lowest BCUT2D eigenvalue weighted by Gasteiger charge is -2.28. The van der Waals surface area contributed by atoms with Crippen molar-refractivity contribution in [2.45, 2.75) is 6.92 Å². The van der Waals surface area contributed by atoms with E-state index in [1.165, 1.54) is 11.9 Å². The summed E-state index contributed by atoms with van der Waals surface area (Å²) in [5.74, 6) is -0.235. The van der Waals surface area contributed by atoms with Crippen LogP contribution in [0.5, 0.6) is 0 Å². The van der Waals surface area contributed by atoms with Crippen LogP contribution in [0.4, 0.5) is 0 Å². The van der Waals surface area contributed by atoms with Crippen LogP contribution >= 0.6 is 0 Å². The van der Waals surface area contributed by atoms with Crippen molar-refractivity contribution >= 4 is 5.91 Å². The average molecular weight is 177 g/mol. The molecule has 68 valence electrons. The summed E-state index contributed by atoms with van der Waals surface area (Å²) >= 11 is 0. The van der Waals surface area contributed by atoms with Gasteiger partial charge in [0.15, 0.2) is 0 Å². The minimum Gasteiger partial charge on any atom is -0.273 e. The summed E-state index contributed by atoms with van der Waals surface area (Å²) in [5.41, 5.74) is 0. The number of carbonyl (C=O) groups is 1. The molecule has 0 saturated heterocycles. The smallest absolute Gasteiger partial charge is 0.237 e. The number of carbonyl (C=O) groups excluding carboxylic acids is 1. The van der Waals surface area contributed by atoms with Crippen molar-refractivity contribution in [3.05, 3.63) is 24.6 Å². The SMILES string of the molecule is CC(=O)N(C)N1C=CC(C#N)C=C1. The highest BCUT2D eigenvalue weighted by atomic mass is 16.2. The molecule has 0 aromatic rings. The van der Waals surface area contributed by atoms with E-state index in [2.05, 4.69) is 6.07 Å². The Morgan fingerprint density at radius 2 is 2.08 bits per heavy atom. The second-order valence-electron chi connectivity index (χ2n) is 2.76. The van der Waals surface area contributed by atoms with E-state index >= 15 is 0 Å². The number of nitrogens with zero attached hydrogens (tertiary/aromatic N) is 3. The zero-order valence-corrected chi connectivity index (χ0v) is 7.64. The Bertz CT molecular complexity index is 286. The summed E-state index contributed by atoms with van der Waals surface area (Å²) in [6.45, 7) is 1.48. The molecule has 4 nitrogen and oxygen atoms in total. The number of nitriles is 1. The third-order valence-electron chi connectivity index (χ3n) is 1.84. The van der Waals surface area contributed by atoms with Crippen molar-refractivity contribution in [2.75, 3.05) is 7.05 Å². The molecular formula is C9H11N3O. The lowest BCUT2D eigenvalue weighted by Crippen LogP contribution is -2.36. The summed E-state index contributed by atoms with van der Waals surface area (Å²) in [7, 11) is 1.67. The van der Waals surface area contributed by atoms with E-state index in [9.17, 15) is 4.79 Å². The van der Waals surface area contributed by atoms with Gasteiger partial charge in [0.1, 0.15) is 0 Å². The van der Waals surface area contributed by atoms with Crippen LogP contribution in [0.1, 0.15) is 6.92 Å². The highest BCUT2D eigenvalue weighted by Crippen LogP contribution is 2.10. The predicted octanol–water partition coefficient (Wildman–Crippen LogP) is 0.862. The summed E-state index contributed by atoms with van der Waals surface area (Å²) in [6, 6.07) is 2.09. The number of rotatable bonds is 1. The molecule has 0 aliphatic carbocycles. The Hall–Kier alpha value is -1.76. The number of amides is 1. The van der Waals surface area contributed by atoms with Crippen LogP contribution in [0.2, 0.25) is 0 Å². The molecule has 0 aromatic heterocycles. The largest absolute Gasteiger partial charge is 0.273 e. The topological polar surface area (TPSA) is 47.3 Å². The summed E-state index contributed by atoms with van der Waals surface area (Å²) in [6.07, 6.45) is 6.88. The maximum atomic E-state index is 10.9. The first-order valence-electron chi connectivity index (χ1n) is 3.94. The quantitative estimate of drug-likeness (QED) is 0.597. The fourth-order valence-electron chi connectivity index (χ4n) is 0.924. The third-order valence-corrected chi connectivity index (χ3v) is 1.84. The Kier molecular flexibility index (Phi) is 2.70. The fourth-order valence-corrected chi connectivity index (χ4v) is 0.924. The minimum absolute atomic E-state index is 0.0512. The molecule has 0 aromatic carbocycles. The second-order valence-corrected chi connectivity index (χ2v) is 2.76. The Labute approximate surface area is 77.3 Å². The Balaban J connectivity index is 2.65. The van der Waals surface area contributed by atoms with Gasteiger partial charge in [0.25, 0.3) is 0 Å². The first kappa shape index (κ1) is 9.33. The molecule has 1 rings (SSSR count). The molecular weight excluding hydrogens is 166 g/mol. The van der Waals surface area contributed by atoms with Crippen molar-refractivity contribution in [3.63, 3.8) is 0 Å². The van der Waals surface area contributed by atoms with E-state index in [-0.39, 0.29) is 11.8 Å². The van der Waals surface area contributed by atoms with Gasteiger partial charge in [0.05, 0.1) is 12.0 Å². The maximum absolute atomic E-state index is 10.9. The molecule has 0 fully saturated rings. The van der Waals surface area contributed by atoms with Gasteiger partial charge in [-0.1, -0.05) is 0 Å². The minimum atomic E-state index is -0.184. The van der Waals surface area contributed by atoms with Crippen LogP contribution in [0, 0.1) is 17.2 Å². The molecule has 0 unspecified atom stereocenters. The van der Waals surface area contributed by atoms with Gasteiger partial charge in [-0.3, -0.25) is 14.8 Å². The lowest BCUT2D eigenvalue weighted by molar-refractivity contribution is -0.136. The van der Waals surface area contributed by atoms with E-state index in [1.807, 2.05) is 0 Å². The number of hydrogen-bond donors (Lipinski definition) is 0. The highest BCUT2D eigenvalue weighted by Gasteiger charge is 2.11. The third kappa shape index (κ3) is 2.09. The normalized spacial score (nSPS) is 15.6. The van der Waals surface area contributed by atoms with Gasteiger partial charge in [0.2, 0.25) is 5.91 Å². The average Bonchev–Trinajstić information content (AvgIpc) is 2.17. The van der Waals surface area contributed by atoms with Gasteiger partial charge in [-0.2, -0.15) is 5.26 Å². The highest BCUT2D eigenvalue weighted by molar-refractivity contribution is 5.72. The molecule has 0 bridgehead atoms. The summed E-state index contributed by atoms with van der Waals surface area (Å²) < 4.78 is 0. The molecule has 1 heterocycles. The molecule has 1 amide bonds. The maximum Gasteiger partial charge on any atom is 0.237 e. The standard InChI is InChI=1S/C9H11N3O/c1-8(13)11(2)12-5-3-9(7-10)4-6-12/h3-6,9H,1-2H3. The number of hydrogen-bond acceptors (Lipinski definition) is 3. The monoisotopic (exact) mass is 177 g/mol. The van der Waals surface area contributed by atoms with E-state index < -0.39 is 0 Å². The van der Waals surface area contributed by atoms with Gasteiger partial charge in [0, 0.05) is 26.4 Å². The predicted molar refractivity (Wildman–Crippen MR) is 47.7 cm³/mol. The first-order chi connectivity index (χ1) is 6.15. The van der Waals surface area contributed by atoms with Crippen molar-refractivity contribution < 1.29 is 4.79 Å². The van der Waals surface area contributed by atoms with Crippen molar-refractivity contribution in [3.8, 4) is 6.07 Å². The first-order valence-corrected chi connectivity index (χ1v) is 3.94. The van der Waals surface area contributed by atoms with E-state index in [1.54, 1.807) is 36.6 Å². The van der Waals surface area contributed by atoms with Gasteiger partial charge in [-0.25, -0.2) is 0 Å². The zero-order valence-electron chi connectivity index (χ0n) is 7.64. The van der Waals surface area contributed by atoms with Crippen molar-refractivity contribution in [1.29, 1.82) is 5.26 Å². The zero-order chi connectivity index (χ0) is 9.84. The molecule has 0 saturated carbocycles. The second kappa shape index (κ2) is 3.76. The van der Waals surface area contributed by atoms with Crippen LogP contribution in [0.15, 0.2) is 24.6 Å². The van der Waals surface area contributed by atoms with Crippen molar-refractivity contribution in [1.82, 2.24) is 10.0 Å². The van der Waals surface area contributed by atoms with Gasteiger partial charge in [-0.15, -0.1) is 0 Å². The van der Waals surface area contributed by atoms with Gasteiger partial charge >= 0.3 is 0 Å². The van der Waals surface area contributed by atoms with Gasteiger partial charge < -0.3 is 0 Å². The molecule has 1 aliphatic rings. The summed E-state index contributed by atoms with van der Waals surface area (Å²) in [5, 5.41) is 11.7.